The lowest BCUT2D eigenvalue weighted by Gasteiger charge is -2.17. The van der Waals surface area contributed by atoms with Gasteiger partial charge in [0.15, 0.2) is 0 Å². The fourth-order valence-electron chi connectivity index (χ4n) is 0.897. The Hall–Kier alpha value is -1.54. The maximum absolute atomic E-state index is 10.8. The van der Waals surface area contributed by atoms with Gasteiger partial charge in [0, 0.05) is 32.5 Å². The van der Waals surface area contributed by atoms with Crippen molar-refractivity contribution in [2.24, 2.45) is 0 Å². The van der Waals surface area contributed by atoms with E-state index in [1.165, 1.54) is 13.2 Å². The first kappa shape index (κ1) is 13.5. The standard InChI is InChI=1S/C10H16N2O3/c1-14-9-8-12(6-3-5-11)7-4-10(13)15-2/h4,7H,3,6,8-9H2,1-2H3. The Labute approximate surface area is 89.9 Å². The highest BCUT2D eigenvalue weighted by molar-refractivity contribution is 5.81. The molecule has 5 heteroatoms. The largest absolute Gasteiger partial charge is 0.466 e. The number of methoxy groups -OCH3 is 2. The zero-order valence-corrected chi connectivity index (χ0v) is 9.10. The average Bonchev–Trinajstić information content (AvgIpc) is 2.27. The summed E-state index contributed by atoms with van der Waals surface area (Å²) in [6.07, 6.45) is 3.35. The fraction of sp³-hybridized carbons (Fsp3) is 0.600. The molecule has 0 saturated heterocycles. The topological polar surface area (TPSA) is 62.6 Å². The third-order valence-electron chi connectivity index (χ3n) is 1.72. The second-order valence-electron chi connectivity index (χ2n) is 2.78. The number of nitriles is 1. The van der Waals surface area contributed by atoms with Gasteiger partial charge in [0.25, 0.3) is 0 Å². The monoisotopic (exact) mass is 212 g/mol. The highest BCUT2D eigenvalue weighted by Crippen LogP contribution is 1.93. The fourth-order valence-corrected chi connectivity index (χ4v) is 0.897. The summed E-state index contributed by atoms with van der Waals surface area (Å²) in [5, 5.41) is 8.44. The molecule has 0 amide bonds. The van der Waals surface area contributed by atoms with Crippen LogP contribution in [0.2, 0.25) is 0 Å². The molecular formula is C10H16N2O3. The van der Waals surface area contributed by atoms with Crippen molar-refractivity contribution in [1.82, 2.24) is 4.90 Å². The summed E-state index contributed by atoms with van der Waals surface area (Å²) in [6.45, 7) is 1.77. The molecule has 0 saturated carbocycles. The van der Waals surface area contributed by atoms with Gasteiger partial charge < -0.3 is 14.4 Å². The van der Waals surface area contributed by atoms with Crippen molar-refractivity contribution in [2.45, 2.75) is 6.42 Å². The third kappa shape index (κ3) is 7.52. The molecule has 0 aliphatic heterocycles. The number of hydrogen-bond donors (Lipinski definition) is 0. The molecule has 0 aromatic heterocycles. The molecule has 15 heavy (non-hydrogen) atoms. The zero-order chi connectivity index (χ0) is 11.5. The predicted octanol–water partition coefficient (Wildman–Crippen LogP) is 0.535. The molecule has 0 aliphatic carbocycles. The first-order chi connectivity index (χ1) is 7.24. The van der Waals surface area contributed by atoms with Crippen molar-refractivity contribution in [3.63, 3.8) is 0 Å². The van der Waals surface area contributed by atoms with Crippen LogP contribution >= 0.6 is 0 Å². The van der Waals surface area contributed by atoms with E-state index in [4.69, 9.17) is 10.00 Å². The molecular weight excluding hydrogens is 196 g/mol. The van der Waals surface area contributed by atoms with Crippen molar-refractivity contribution >= 4 is 5.97 Å². The molecule has 0 spiro atoms. The second-order valence-corrected chi connectivity index (χ2v) is 2.78. The molecule has 0 N–H and O–H groups in total. The Morgan fingerprint density at radius 2 is 2.20 bits per heavy atom. The molecule has 0 radical (unpaired) electrons. The van der Waals surface area contributed by atoms with Crippen LogP contribution in [0.25, 0.3) is 0 Å². The molecule has 0 fully saturated rings. The van der Waals surface area contributed by atoms with Crippen LogP contribution in [0.1, 0.15) is 6.42 Å². The summed E-state index contributed by atoms with van der Waals surface area (Å²) in [6, 6.07) is 2.04. The van der Waals surface area contributed by atoms with E-state index in [1.807, 2.05) is 11.0 Å². The molecule has 0 rings (SSSR count). The van der Waals surface area contributed by atoms with Gasteiger partial charge in [0.05, 0.1) is 26.2 Å². The summed E-state index contributed by atoms with van der Waals surface area (Å²) in [7, 11) is 2.92. The predicted molar refractivity (Wildman–Crippen MR) is 54.8 cm³/mol. The van der Waals surface area contributed by atoms with Gasteiger partial charge in [0.2, 0.25) is 0 Å². The van der Waals surface area contributed by atoms with E-state index in [1.54, 1.807) is 13.3 Å². The van der Waals surface area contributed by atoms with Crippen molar-refractivity contribution in [3.8, 4) is 6.07 Å². The summed E-state index contributed by atoms with van der Waals surface area (Å²) in [4.78, 5) is 12.7. The second kappa shape index (κ2) is 9.03. The number of rotatable bonds is 7. The van der Waals surface area contributed by atoms with Gasteiger partial charge in [-0.15, -0.1) is 0 Å². The molecule has 0 aromatic rings. The minimum atomic E-state index is -0.408. The molecule has 0 aromatic carbocycles. The van der Waals surface area contributed by atoms with Crippen LogP contribution in [-0.2, 0) is 14.3 Å². The molecule has 0 bridgehead atoms. The highest BCUT2D eigenvalue weighted by atomic mass is 16.5. The van der Waals surface area contributed by atoms with E-state index in [0.29, 0.717) is 26.1 Å². The first-order valence-electron chi connectivity index (χ1n) is 4.60. The number of carbonyl (C=O) groups excluding carboxylic acids is 1. The van der Waals surface area contributed by atoms with Gasteiger partial charge >= 0.3 is 5.97 Å². The van der Waals surface area contributed by atoms with Gasteiger partial charge in [0.1, 0.15) is 0 Å². The van der Waals surface area contributed by atoms with Crippen molar-refractivity contribution < 1.29 is 14.3 Å². The summed E-state index contributed by atoms with van der Waals surface area (Å²) in [5.74, 6) is -0.408. The molecule has 0 atom stereocenters. The lowest BCUT2D eigenvalue weighted by Crippen LogP contribution is -2.23. The van der Waals surface area contributed by atoms with E-state index >= 15 is 0 Å². The number of esters is 1. The Morgan fingerprint density at radius 3 is 2.73 bits per heavy atom. The van der Waals surface area contributed by atoms with E-state index in [9.17, 15) is 4.79 Å². The summed E-state index contributed by atoms with van der Waals surface area (Å²) >= 11 is 0. The Bertz CT molecular complexity index is 246. The number of nitrogens with zero attached hydrogens (tertiary/aromatic N) is 2. The Balaban J connectivity index is 4.05. The minimum Gasteiger partial charge on any atom is -0.466 e. The van der Waals surface area contributed by atoms with Crippen molar-refractivity contribution in [2.75, 3.05) is 33.9 Å². The minimum absolute atomic E-state index is 0.408. The SMILES string of the molecule is COCCN(C=CC(=O)OC)CCC#N. The first-order valence-corrected chi connectivity index (χ1v) is 4.60. The van der Waals surface area contributed by atoms with Crippen LogP contribution < -0.4 is 0 Å². The molecule has 5 nitrogen and oxygen atoms in total. The van der Waals surface area contributed by atoms with Crippen molar-refractivity contribution in [3.05, 3.63) is 12.3 Å². The molecule has 0 aliphatic rings. The molecule has 84 valence electrons. The van der Waals surface area contributed by atoms with Gasteiger partial charge in [-0.3, -0.25) is 0 Å². The van der Waals surface area contributed by atoms with Crippen LogP contribution in [0.3, 0.4) is 0 Å². The smallest absolute Gasteiger partial charge is 0.331 e. The van der Waals surface area contributed by atoms with Crippen LogP contribution in [-0.4, -0.2) is 44.8 Å². The quantitative estimate of drug-likeness (QED) is 0.455. The zero-order valence-electron chi connectivity index (χ0n) is 9.10. The van der Waals surface area contributed by atoms with Gasteiger partial charge in [-0.2, -0.15) is 5.26 Å². The van der Waals surface area contributed by atoms with Crippen LogP contribution in [0, 0.1) is 11.3 Å². The van der Waals surface area contributed by atoms with Crippen LogP contribution in [0.5, 0.6) is 0 Å². The average molecular weight is 212 g/mol. The summed E-state index contributed by atoms with van der Waals surface area (Å²) in [5.41, 5.74) is 0. The maximum Gasteiger partial charge on any atom is 0.331 e. The van der Waals surface area contributed by atoms with Gasteiger partial charge in [-0.05, 0) is 0 Å². The Morgan fingerprint density at radius 1 is 1.47 bits per heavy atom. The summed E-state index contributed by atoms with van der Waals surface area (Å²) < 4.78 is 9.37. The number of hydrogen-bond acceptors (Lipinski definition) is 5. The van der Waals surface area contributed by atoms with E-state index in [-0.39, 0.29) is 0 Å². The lowest BCUT2D eigenvalue weighted by molar-refractivity contribution is -0.134. The van der Waals surface area contributed by atoms with Crippen LogP contribution in [0.4, 0.5) is 0 Å². The van der Waals surface area contributed by atoms with Crippen LogP contribution in [0.15, 0.2) is 12.3 Å². The van der Waals surface area contributed by atoms with E-state index < -0.39 is 5.97 Å². The number of carbonyl (C=O) groups is 1. The van der Waals surface area contributed by atoms with Gasteiger partial charge in [-0.1, -0.05) is 0 Å². The van der Waals surface area contributed by atoms with E-state index in [2.05, 4.69) is 4.74 Å². The Kier molecular flexibility index (Phi) is 8.10. The highest BCUT2D eigenvalue weighted by Gasteiger charge is 1.99. The number of ether oxygens (including phenoxy) is 2. The molecule has 0 heterocycles. The van der Waals surface area contributed by atoms with Crippen molar-refractivity contribution in [1.29, 1.82) is 5.26 Å². The normalized spacial score (nSPS) is 9.93. The molecule has 0 unspecified atom stereocenters. The lowest BCUT2D eigenvalue weighted by atomic mass is 10.4. The third-order valence-corrected chi connectivity index (χ3v) is 1.72. The maximum atomic E-state index is 10.8. The van der Waals surface area contributed by atoms with E-state index in [0.717, 1.165) is 0 Å². The van der Waals surface area contributed by atoms with Gasteiger partial charge in [-0.25, -0.2) is 4.79 Å².